The number of hydrogen-bond donors (Lipinski definition) is 1. The summed E-state index contributed by atoms with van der Waals surface area (Å²) in [6.45, 7) is 6.63. The molecule has 62 heavy (non-hydrogen) atoms. The fourth-order valence-electron chi connectivity index (χ4n) is 6.69. The van der Waals surface area contributed by atoms with E-state index in [0.717, 1.165) is 28.0 Å². The Labute approximate surface area is 355 Å². The van der Waals surface area contributed by atoms with Gasteiger partial charge in [0.25, 0.3) is 5.91 Å². The molecule has 1 N–H and O–H groups in total. The molecule has 0 unspecified atom stereocenters. The summed E-state index contributed by atoms with van der Waals surface area (Å²) >= 11 is 0. The molecular formula is C41H53F9N4O7S. The van der Waals surface area contributed by atoms with E-state index in [-0.39, 0.29) is 49.6 Å². The number of amides is 2. The predicted octanol–water partition coefficient (Wildman–Crippen LogP) is 8.05. The number of alkyl halides is 9. The molecule has 1 spiro atoms. The van der Waals surface area contributed by atoms with Crippen LogP contribution in [0.25, 0.3) is 0 Å². The van der Waals surface area contributed by atoms with Crippen LogP contribution in [0.2, 0.25) is 0 Å². The molecule has 2 heterocycles. The predicted molar refractivity (Wildman–Crippen MR) is 212 cm³/mol. The van der Waals surface area contributed by atoms with Crippen molar-refractivity contribution in [1.29, 1.82) is 0 Å². The average molecular weight is 917 g/mol. The van der Waals surface area contributed by atoms with Gasteiger partial charge in [-0.1, -0.05) is 39.0 Å². The molecule has 0 bridgehead atoms. The molecule has 348 valence electrons. The number of sulfonamides is 1. The van der Waals surface area contributed by atoms with Gasteiger partial charge in [0.2, 0.25) is 10.0 Å². The number of ether oxygens (including phenoxy) is 3. The van der Waals surface area contributed by atoms with Gasteiger partial charge in [-0.3, -0.25) is 9.79 Å². The van der Waals surface area contributed by atoms with Gasteiger partial charge in [0.05, 0.1) is 17.9 Å². The average Bonchev–Trinajstić information content (AvgIpc) is 3.44. The molecule has 0 radical (unpaired) electrons. The van der Waals surface area contributed by atoms with Crippen LogP contribution < -0.4 is 10.1 Å². The number of nitrogens with zero attached hydrogens (tertiary/aromatic N) is 3. The standard InChI is InChI=1S/C41H53F9N4O7S/c1-26-19-27(23-35(2,3)4)9-10-28(26)11-18-62(57,58)54-14-12-37(13-15-54)33(55)51-32(52-37)29-20-30(40(46,47)48)22-31(21-29)60-25-39(44,45)41(49,50)38(42,43)24-59-17-16-53(8)34(56)61-36(5,6)7/h9-10,19-22H,11-18,23-25H2,1-8H3,(H,51,52,55). The first kappa shape index (κ1) is 50.5. The maximum Gasteiger partial charge on any atom is 0.416 e. The molecule has 2 amide bonds. The zero-order valence-corrected chi connectivity index (χ0v) is 36.6. The van der Waals surface area contributed by atoms with Crippen LogP contribution >= 0.6 is 0 Å². The van der Waals surface area contributed by atoms with E-state index in [1.165, 1.54) is 11.4 Å². The molecule has 2 aliphatic rings. The number of benzene rings is 2. The topological polar surface area (TPSA) is 127 Å². The summed E-state index contributed by atoms with van der Waals surface area (Å²) < 4.78 is 172. The van der Waals surface area contributed by atoms with Crippen molar-refractivity contribution < 1.29 is 71.7 Å². The van der Waals surface area contributed by atoms with Gasteiger partial charge in [-0.2, -0.15) is 39.5 Å². The van der Waals surface area contributed by atoms with Crippen molar-refractivity contribution in [2.45, 2.75) is 109 Å². The second-order valence-corrected chi connectivity index (χ2v) is 20.0. The molecule has 21 heteroatoms. The van der Waals surface area contributed by atoms with Crippen LogP contribution in [0.1, 0.15) is 82.2 Å². The minimum atomic E-state index is -6.14. The second-order valence-electron chi connectivity index (χ2n) is 17.9. The smallest absolute Gasteiger partial charge is 0.416 e. The first-order valence-corrected chi connectivity index (χ1v) is 21.3. The zero-order valence-electron chi connectivity index (χ0n) is 35.8. The number of piperidine rings is 1. The summed E-state index contributed by atoms with van der Waals surface area (Å²) in [5.74, 6) is -19.9. The Kier molecular flexibility index (Phi) is 14.8. The Hall–Kier alpha value is -4.11. The van der Waals surface area contributed by atoms with Crippen molar-refractivity contribution in [2.75, 3.05) is 52.3 Å². The van der Waals surface area contributed by atoms with Crippen molar-refractivity contribution >= 4 is 27.9 Å². The lowest BCUT2D eigenvalue weighted by Crippen LogP contribution is -2.58. The SMILES string of the molecule is Cc1cc(CC(C)(C)C)ccc1CCS(=O)(=O)N1CCC2(CC1)N=C(c1cc(OCC(F)(F)C(F)(F)C(F)(F)COCCN(C)C(=O)OC(C)(C)C)cc(C(F)(F)F)c1)NC2=O. The molecule has 4 rings (SSSR count). The highest BCUT2D eigenvalue weighted by Crippen LogP contribution is 2.46. The highest BCUT2D eigenvalue weighted by molar-refractivity contribution is 7.89. The number of likely N-dealkylation sites (N-methyl/N-ethyl adjacent to an activating group) is 1. The molecule has 0 atom stereocenters. The minimum absolute atomic E-state index is 0.0629. The monoisotopic (exact) mass is 916 g/mol. The number of aryl methyl sites for hydroxylation is 2. The van der Waals surface area contributed by atoms with E-state index in [0.29, 0.717) is 12.1 Å². The molecule has 0 saturated carbocycles. The number of carbonyl (C=O) groups excluding carboxylic acids is 2. The maximum absolute atomic E-state index is 14.8. The normalized spacial score (nSPS) is 16.9. The number of carbonyl (C=O) groups is 2. The summed E-state index contributed by atoms with van der Waals surface area (Å²) in [7, 11) is -2.63. The third-order valence-corrected chi connectivity index (χ3v) is 12.0. The van der Waals surface area contributed by atoms with Crippen LogP contribution in [-0.2, 0) is 43.3 Å². The highest BCUT2D eigenvalue weighted by Gasteiger charge is 2.72. The van der Waals surface area contributed by atoms with Crippen molar-refractivity contribution in [3.8, 4) is 5.75 Å². The molecule has 11 nitrogen and oxygen atoms in total. The fraction of sp³-hybridized carbons (Fsp3) is 0.634. The largest absolute Gasteiger partial charge is 0.487 e. The van der Waals surface area contributed by atoms with Gasteiger partial charge in [-0.05, 0) is 93.7 Å². The summed E-state index contributed by atoms with van der Waals surface area (Å²) in [4.78, 5) is 30.4. The third-order valence-electron chi connectivity index (χ3n) is 10.1. The van der Waals surface area contributed by atoms with Gasteiger partial charge in [0.1, 0.15) is 29.3 Å². The van der Waals surface area contributed by atoms with Gasteiger partial charge in [0, 0.05) is 32.2 Å². The van der Waals surface area contributed by atoms with Gasteiger partial charge >= 0.3 is 30.0 Å². The quantitative estimate of drug-likeness (QED) is 0.133. The van der Waals surface area contributed by atoms with E-state index < -0.39 is 106 Å². The maximum atomic E-state index is 14.8. The minimum Gasteiger partial charge on any atom is -0.487 e. The summed E-state index contributed by atoms with van der Waals surface area (Å²) in [5, 5.41) is 2.34. The lowest BCUT2D eigenvalue weighted by Gasteiger charge is -2.34. The number of nitrogens with one attached hydrogen (secondary N) is 1. The number of halogens is 9. The summed E-state index contributed by atoms with van der Waals surface area (Å²) in [5.41, 5.74) is -1.61. The lowest BCUT2D eigenvalue weighted by atomic mass is 9.87. The summed E-state index contributed by atoms with van der Waals surface area (Å²) in [6, 6.07) is 7.24. The van der Waals surface area contributed by atoms with Crippen LogP contribution in [0.3, 0.4) is 0 Å². The number of rotatable bonds is 16. The van der Waals surface area contributed by atoms with Crippen molar-refractivity contribution in [3.63, 3.8) is 0 Å². The van der Waals surface area contributed by atoms with E-state index in [2.05, 4.69) is 40.6 Å². The van der Waals surface area contributed by atoms with Crippen LogP contribution in [0.15, 0.2) is 41.4 Å². The molecule has 0 aliphatic carbocycles. The van der Waals surface area contributed by atoms with Crippen LogP contribution in [0, 0.1) is 12.3 Å². The van der Waals surface area contributed by atoms with E-state index in [4.69, 9.17) is 4.74 Å². The van der Waals surface area contributed by atoms with Gasteiger partial charge in [0.15, 0.2) is 6.61 Å². The van der Waals surface area contributed by atoms with Crippen molar-refractivity contribution in [3.05, 3.63) is 64.2 Å². The van der Waals surface area contributed by atoms with Gasteiger partial charge in [-0.15, -0.1) is 0 Å². The zero-order chi connectivity index (χ0) is 46.9. The van der Waals surface area contributed by atoms with E-state index in [9.17, 15) is 57.5 Å². The van der Waals surface area contributed by atoms with E-state index in [1.807, 2.05) is 25.1 Å². The first-order chi connectivity index (χ1) is 28.2. The molecular weight excluding hydrogens is 864 g/mol. The molecule has 2 aromatic carbocycles. The number of aliphatic imine (C=N–C) groups is 1. The number of hydrogen-bond acceptors (Lipinski definition) is 8. The highest BCUT2D eigenvalue weighted by atomic mass is 32.2. The van der Waals surface area contributed by atoms with Crippen LogP contribution in [-0.4, -0.2) is 117 Å². The Balaban J connectivity index is 1.43. The van der Waals surface area contributed by atoms with Crippen LogP contribution in [0.5, 0.6) is 5.75 Å². The lowest BCUT2D eigenvalue weighted by molar-refractivity contribution is -0.324. The van der Waals surface area contributed by atoms with Gasteiger partial charge < -0.3 is 24.4 Å². The molecule has 2 aromatic rings. The van der Waals surface area contributed by atoms with Gasteiger partial charge in [-0.25, -0.2) is 17.5 Å². The van der Waals surface area contributed by atoms with Crippen LogP contribution in [0.4, 0.5) is 44.3 Å². The Morgan fingerprint density at radius 3 is 2.08 bits per heavy atom. The molecule has 2 aliphatic heterocycles. The second kappa shape index (κ2) is 18.2. The first-order valence-electron chi connectivity index (χ1n) is 19.7. The number of amidine groups is 1. The van der Waals surface area contributed by atoms with Crippen molar-refractivity contribution in [1.82, 2.24) is 14.5 Å². The fourth-order valence-corrected chi connectivity index (χ4v) is 8.17. The Morgan fingerprint density at radius 1 is 0.903 bits per heavy atom. The Morgan fingerprint density at radius 2 is 1.52 bits per heavy atom. The Bertz CT molecular complexity index is 2090. The summed E-state index contributed by atoms with van der Waals surface area (Å²) in [6.07, 6.45) is -5.33. The van der Waals surface area contributed by atoms with Crippen molar-refractivity contribution in [2.24, 2.45) is 10.4 Å². The third kappa shape index (κ3) is 12.5. The van der Waals surface area contributed by atoms with E-state index >= 15 is 0 Å². The molecule has 0 aromatic heterocycles. The molecule has 1 fully saturated rings. The molecule has 1 saturated heterocycles. The van der Waals surface area contributed by atoms with E-state index in [1.54, 1.807) is 20.8 Å².